The number of nitrogens with zero attached hydrogens (tertiary/aromatic N) is 1. The summed E-state index contributed by atoms with van der Waals surface area (Å²) in [6.07, 6.45) is 1.24. The minimum Gasteiger partial charge on any atom is -0.338 e. The predicted molar refractivity (Wildman–Crippen MR) is 59.4 cm³/mol. The monoisotopic (exact) mass is 258 g/mol. The molecule has 2 N–H and O–H groups in total. The third kappa shape index (κ3) is 2.33. The van der Waals surface area contributed by atoms with Gasteiger partial charge < -0.3 is 10.6 Å². The van der Waals surface area contributed by atoms with Gasteiger partial charge in [0, 0.05) is 19.1 Å². The first kappa shape index (κ1) is 12.9. The smallest absolute Gasteiger partial charge is 0.256 e. The highest BCUT2D eigenvalue weighted by Crippen LogP contribution is 2.19. The number of carbonyl (C=O) groups is 1. The summed E-state index contributed by atoms with van der Waals surface area (Å²) >= 11 is 0. The zero-order valence-corrected chi connectivity index (χ0v) is 9.63. The van der Waals surface area contributed by atoms with E-state index in [4.69, 9.17) is 5.73 Å². The first-order valence-corrected chi connectivity index (χ1v) is 5.69. The van der Waals surface area contributed by atoms with E-state index in [1.54, 1.807) is 0 Å². The van der Waals surface area contributed by atoms with Gasteiger partial charge >= 0.3 is 0 Å². The van der Waals surface area contributed by atoms with Gasteiger partial charge in [0.05, 0.1) is 5.56 Å². The van der Waals surface area contributed by atoms with Gasteiger partial charge in [-0.1, -0.05) is 0 Å². The SMILES string of the molecule is NC1CCN(C(=O)c2ccc(F)c(F)c2F)CC1. The summed E-state index contributed by atoms with van der Waals surface area (Å²) in [6.45, 7) is 0.802. The molecule has 3 nitrogen and oxygen atoms in total. The molecule has 1 aromatic carbocycles. The third-order valence-corrected chi connectivity index (χ3v) is 3.09. The molecule has 18 heavy (non-hydrogen) atoms. The lowest BCUT2D eigenvalue weighted by atomic mass is 10.0. The number of hydrogen-bond donors (Lipinski definition) is 1. The number of piperidine rings is 1. The van der Waals surface area contributed by atoms with E-state index >= 15 is 0 Å². The summed E-state index contributed by atoms with van der Waals surface area (Å²) in [6, 6.07) is 1.75. The fraction of sp³-hybridized carbons (Fsp3) is 0.417. The van der Waals surface area contributed by atoms with Crippen LogP contribution >= 0.6 is 0 Å². The molecule has 98 valence electrons. The van der Waals surface area contributed by atoms with Crippen LogP contribution in [0, 0.1) is 17.5 Å². The summed E-state index contributed by atoms with van der Waals surface area (Å²) in [5.74, 6) is -4.98. The normalized spacial score (nSPS) is 17.0. The van der Waals surface area contributed by atoms with Crippen LogP contribution < -0.4 is 5.73 Å². The molecule has 0 bridgehead atoms. The Balaban J connectivity index is 2.21. The minimum absolute atomic E-state index is 0.0313. The number of hydrogen-bond acceptors (Lipinski definition) is 2. The fourth-order valence-electron chi connectivity index (χ4n) is 1.96. The molecule has 0 spiro atoms. The molecule has 0 radical (unpaired) electrons. The Morgan fingerprint density at radius 2 is 1.78 bits per heavy atom. The van der Waals surface area contributed by atoms with Crippen molar-refractivity contribution >= 4 is 5.91 Å². The van der Waals surface area contributed by atoms with E-state index in [0.717, 1.165) is 12.1 Å². The Kier molecular flexibility index (Phi) is 3.56. The molecule has 0 aromatic heterocycles. The van der Waals surface area contributed by atoms with Gasteiger partial charge in [0.2, 0.25) is 0 Å². The standard InChI is InChI=1S/C12H13F3N2O/c13-9-2-1-8(10(14)11(9)15)12(18)17-5-3-7(16)4-6-17/h1-2,7H,3-6,16H2. The largest absolute Gasteiger partial charge is 0.338 e. The Labute approximate surface area is 102 Å². The van der Waals surface area contributed by atoms with Gasteiger partial charge in [0.25, 0.3) is 5.91 Å². The van der Waals surface area contributed by atoms with Crippen molar-refractivity contribution in [1.82, 2.24) is 4.90 Å². The number of amides is 1. The molecule has 1 fully saturated rings. The van der Waals surface area contributed by atoms with Crippen LogP contribution in [0.25, 0.3) is 0 Å². The van der Waals surface area contributed by atoms with Crippen molar-refractivity contribution in [3.8, 4) is 0 Å². The molecular formula is C12H13F3N2O. The topological polar surface area (TPSA) is 46.3 Å². The Morgan fingerprint density at radius 3 is 2.39 bits per heavy atom. The van der Waals surface area contributed by atoms with Crippen LogP contribution in [0.3, 0.4) is 0 Å². The highest BCUT2D eigenvalue weighted by molar-refractivity contribution is 5.94. The van der Waals surface area contributed by atoms with Crippen LogP contribution in [0.2, 0.25) is 0 Å². The van der Waals surface area contributed by atoms with Gasteiger partial charge in [0.1, 0.15) is 0 Å². The van der Waals surface area contributed by atoms with Crippen LogP contribution in [0.5, 0.6) is 0 Å². The molecule has 0 aliphatic carbocycles. The molecular weight excluding hydrogens is 245 g/mol. The quantitative estimate of drug-likeness (QED) is 0.779. The maximum absolute atomic E-state index is 13.5. The number of likely N-dealkylation sites (tertiary alicyclic amines) is 1. The van der Waals surface area contributed by atoms with Gasteiger partial charge in [-0.3, -0.25) is 4.79 Å². The lowest BCUT2D eigenvalue weighted by molar-refractivity contribution is 0.0708. The first-order chi connectivity index (χ1) is 8.50. The van der Waals surface area contributed by atoms with Crippen LogP contribution in [0.4, 0.5) is 13.2 Å². The second kappa shape index (κ2) is 4.97. The van der Waals surface area contributed by atoms with Crippen LogP contribution in [-0.2, 0) is 0 Å². The lowest BCUT2D eigenvalue weighted by Crippen LogP contribution is -2.43. The molecule has 1 saturated heterocycles. The zero-order chi connectivity index (χ0) is 13.3. The summed E-state index contributed by atoms with van der Waals surface area (Å²) in [5, 5.41) is 0. The van der Waals surface area contributed by atoms with E-state index < -0.39 is 28.9 Å². The van der Waals surface area contributed by atoms with Gasteiger partial charge in [-0.05, 0) is 25.0 Å². The number of rotatable bonds is 1. The van der Waals surface area contributed by atoms with Crippen molar-refractivity contribution in [2.45, 2.75) is 18.9 Å². The summed E-state index contributed by atoms with van der Waals surface area (Å²) in [5.41, 5.74) is 5.25. The molecule has 2 rings (SSSR count). The molecule has 0 atom stereocenters. The molecule has 0 unspecified atom stereocenters. The molecule has 1 aliphatic rings. The second-order valence-corrected chi connectivity index (χ2v) is 4.35. The maximum atomic E-state index is 13.5. The molecule has 1 aliphatic heterocycles. The van der Waals surface area contributed by atoms with E-state index in [1.165, 1.54) is 4.90 Å². The predicted octanol–water partition coefficient (Wildman–Crippen LogP) is 1.67. The van der Waals surface area contributed by atoms with Crippen molar-refractivity contribution in [1.29, 1.82) is 0 Å². The molecule has 0 saturated carbocycles. The van der Waals surface area contributed by atoms with Crippen molar-refractivity contribution < 1.29 is 18.0 Å². The van der Waals surface area contributed by atoms with Gasteiger partial charge in [-0.15, -0.1) is 0 Å². The van der Waals surface area contributed by atoms with Crippen molar-refractivity contribution in [2.24, 2.45) is 5.73 Å². The average molecular weight is 258 g/mol. The fourth-order valence-corrected chi connectivity index (χ4v) is 1.96. The molecule has 1 heterocycles. The van der Waals surface area contributed by atoms with Crippen molar-refractivity contribution in [3.63, 3.8) is 0 Å². The van der Waals surface area contributed by atoms with E-state index in [-0.39, 0.29) is 6.04 Å². The Hall–Kier alpha value is -1.56. The highest BCUT2D eigenvalue weighted by atomic mass is 19.2. The average Bonchev–Trinajstić information content (AvgIpc) is 2.36. The van der Waals surface area contributed by atoms with E-state index in [0.29, 0.717) is 25.9 Å². The maximum Gasteiger partial charge on any atom is 0.256 e. The summed E-state index contributed by atoms with van der Waals surface area (Å²) in [7, 11) is 0. The van der Waals surface area contributed by atoms with Crippen molar-refractivity contribution in [3.05, 3.63) is 35.1 Å². The van der Waals surface area contributed by atoms with Crippen molar-refractivity contribution in [2.75, 3.05) is 13.1 Å². The number of carbonyl (C=O) groups excluding carboxylic acids is 1. The first-order valence-electron chi connectivity index (χ1n) is 5.69. The van der Waals surface area contributed by atoms with Crippen LogP contribution in [0.15, 0.2) is 12.1 Å². The number of halogens is 3. The van der Waals surface area contributed by atoms with Crippen LogP contribution in [-0.4, -0.2) is 29.9 Å². The minimum atomic E-state index is -1.62. The summed E-state index contributed by atoms with van der Waals surface area (Å²) < 4.78 is 39.3. The zero-order valence-electron chi connectivity index (χ0n) is 9.63. The van der Waals surface area contributed by atoms with E-state index in [1.807, 2.05) is 0 Å². The second-order valence-electron chi connectivity index (χ2n) is 4.35. The molecule has 1 aromatic rings. The van der Waals surface area contributed by atoms with Gasteiger partial charge in [0.15, 0.2) is 17.5 Å². The number of benzene rings is 1. The Bertz CT molecular complexity index is 471. The van der Waals surface area contributed by atoms with Gasteiger partial charge in [-0.25, -0.2) is 13.2 Å². The van der Waals surface area contributed by atoms with E-state index in [9.17, 15) is 18.0 Å². The molecule has 1 amide bonds. The highest BCUT2D eigenvalue weighted by Gasteiger charge is 2.25. The third-order valence-electron chi connectivity index (χ3n) is 3.09. The number of nitrogens with two attached hydrogens (primary N) is 1. The van der Waals surface area contributed by atoms with Gasteiger partial charge in [-0.2, -0.15) is 0 Å². The van der Waals surface area contributed by atoms with E-state index in [2.05, 4.69) is 0 Å². The lowest BCUT2D eigenvalue weighted by Gasteiger charge is -2.30. The Morgan fingerprint density at radius 1 is 1.17 bits per heavy atom. The summed E-state index contributed by atoms with van der Waals surface area (Å²) in [4.78, 5) is 13.3. The molecule has 6 heteroatoms. The van der Waals surface area contributed by atoms with Crippen LogP contribution in [0.1, 0.15) is 23.2 Å².